The molecule has 5 heteroatoms. The van der Waals surface area contributed by atoms with Gasteiger partial charge in [0.15, 0.2) is 5.17 Å². The predicted octanol–water partition coefficient (Wildman–Crippen LogP) is 3.93. The van der Waals surface area contributed by atoms with Crippen molar-refractivity contribution in [2.24, 2.45) is 4.99 Å². The van der Waals surface area contributed by atoms with E-state index in [9.17, 15) is 4.79 Å². The number of carbonyl (C=O) groups excluding carboxylic acids is 1. The number of amides is 1. The zero-order valence-corrected chi connectivity index (χ0v) is 14.1. The summed E-state index contributed by atoms with van der Waals surface area (Å²) < 4.78 is 0. The van der Waals surface area contributed by atoms with Crippen LogP contribution in [0.15, 0.2) is 52.6 Å². The lowest BCUT2D eigenvalue weighted by molar-refractivity contribution is -0.121. The van der Waals surface area contributed by atoms with E-state index in [1.807, 2.05) is 36.4 Å². The van der Waals surface area contributed by atoms with Crippen molar-refractivity contribution < 1.29 is 4.79 Å². The van der Waals surface area contributed by atoms with E-state index >= 15 is 0 Å². The molecule has 0 atom stereocenters. The Hall–Kier alpha value is -2.40. The van der Waals surface area contributed by atoms with Crippen LogP contribution in [0.4, 0.5) is 5.69 Å². The van der Waals surface area contributed by atoms with Gasteiger partial charge < -0.3 is 0 Å². The number of aliphatic imine (C=N–C) groups is 1. The van der Waals surface area contributed by atoms with Crippen molar-refractivity contribution in [1.82, 2.24) is 9.88 Å². The molecule has 1 fully saturated rings. The van der Waals surface area contributed by atoms with Gasteiger partial charge >= 0.3 is 0 Å². The van der Waals surface area contributed by atoms with Crippen LogP contribution in [0.2, 0.25) is 0 Å². The van der Waals surface area contributed by atoms with Crippen molar-refractivity contribution in [2.45, 2.75) is 13.8 Å². The van der Waals surface area contributed by atoms with E-state index in [1.54, 1.807) is 24.3 Å². The average Bonchev–Trinajstić information content (AvgIpc) is 2.80. The molecule has 0 spiro atoms. The van der Waals surface area contributed by atoms with E-state index in [-0.39, 0.29) is 5.91 Å². The Morgan fingerprint density at radius 2 is 1.87 bits per heavy atom. The lowest BCUT2D eigenvalue weighted by atomic mass is 10.1. The molecular weight excluding hydrogens is 306 g/mol. The summed E-state index contributed by atoms with van der Waals surface area (Å²) in [5.74, 6) is -0.0330. The highest BCUT2D eigenvalue weighted by atomic mass is 32.2. The van der Waals surface area contributed by atoms with E-state index in [1.165, 1.54) is 22.9 Å². The maximum atomic E-state index is 12.4. The Kier molecular flexibility index (Phi) is 4.30. The van der Waals surface area contributed by atoms with Crippen LogP contribution in [0.25, 0.3) is 6.08 Å². The van der Waals surface area contributed by atoms with Gasteiger partial charge in [0.25, 0.3) is 5.91 Å². The number of aryl methyl sites for hydroxylation is 2. The van der Waals surface area contributed by atoms with Crippen molar-refractivity contribution in [3.05, 3.63) is 64.3 Å². The Bertz CT molecular complexity index is 812. The summed E-state index contributed by atoms with van der Waals surface area (Å²) in [5, 5.41) is 0.693. The molecule has 2 aromatic rings. The molecule has 23 heavy (non-hydrogen) atoms. The second-order valence-corrected chi connectivity index (χ2v) is 6.43. The van der Waals surface area contributed by atoms with Crippen LogP contribution in [0.5, 0.6) is 0 Å². The zero-order chi connectivity index (χ0) is 16.4. The number of carbonyl (C=O) groups is 1. The van der Waals surface area contributed by atoms with Gasteiger partial charge in [0.1, 0.15) is 0 Å². The highest BCUT2D eigenvalue weighted by Crippen LogP contribution is 2.33. The number of nitrogens with zero attached hydrogens (tertiary/aromatic N) is 3. The zero-order valence-electron chi connectivity index (χ0n) is 13.3. The van der Waals surface area contributed by atoms with Crippen LogP contribution in [0.3, 0.4) is 0 Å². The largest absolute Gasteiger partial charge is 0.290 e. The van der Waals surface area contributed by atoms with Crippen LogP contribution in [0, 0.1) is 13.8 Å². The fourth-order valence-electron chi connectivity index (χ4n) is 2.17. The minimum absolute atomic E-state index is 0.0330. The minimum Gasteiger partial charge on any atom is -0.290 e. The van der Waals surface area contributed by atoms with E-state index < -0.39 is 0 Å². The highest BCUT2D eigenvalue weighted by molar-refractivity contribution is 8.18. The van der Waals surface area contributed by atoms with Gasteiger partial charge in [0.05, 0.1) is 10.6 Å². The number of thioether (sulfide) groups is 1. The van der Waals surface area contributed by atoms with E-state index in [4.69, 9.17) is 0 Å². The van der Waals surface area contributed by atoms with E-state index in [2.05, 4.69) is 23.8 Å². The molecular formula is C18H17N3OS. The molecule has 1 amide bonds. The standard InChI is InChI=1S/C18H17N3OS/c1-12-4-5-15(10-13(12)2)20-18-21(3)17(22)16(23-18)11-14-6-8-19-9-7-14/h4-11H,1-3H3. The van der Waals surface area contributed by atoms with Crippen LogP contribution >= 0.6 is 11.8 Å². The summed E-state index contributed by atoms with van der Waals surface area (Å²) in [4.78, 5) is 23.2. The molecule has 0 aliphatic carbocycles. The third-order valence-corrected chi connectivity index (χ3v) is 4.78. The first-order chi connectivity index (χ1) is 11.0. The van der Waals surface area contributed by atoms with Crippen LogP contribution in [-0.4, -0.2) is 28.0 Å². The normalized spacial score (nSPS) is 18.2. The van der Waals surface area contributed by atoms with Crippen LogP contribution in [-0.2, 0) is 4.79 Å². The molecule has 0 saturated carbocycles. The summed E-state index contributed by atoms with van der Waals surface area (Å²) in [7, 11) is 1.75. The maximum Gasteiger partial charge on any atom is 0.266 e. The molecule has 0 unspecified atom stereocenters. The predicted molar refractivity (Wildman–Crippen MR) is 95.6 cm³/mol. The summed E-state index contributed by atoms with van der Waals surface area (Å²) >= 11 is 1.39. The Morgan fingerprint density at radius 1 is 1.13 bits per heavy atom. The lowest BCUT2D eigenvalue weighted by Gasteiger charge is -2.08. The lowest BCUT2D eigenvalue weighted by Crippen LogP contribution is -2.23. The topological polar surface area (TPSA) is 45.6 Å². The molecule has 1 saturated heterocycles. The fraction of sp³-hybridized carbons (Fsp3) is 0.167. The molecule has 1 aromatic heterocycles. The number of hydrogen-bond acceptors (Lipinski definition) is 4. The van der Waals surface area contributed by atoms with Gasteiger partial charge in [0, 0.05) is 19.4 Å². The fourth-order valence-corrected chi connectivity index (χ4v) is 3.16. The molecule has 0 bridgehead atoms. The highest BCUT2D eigenvalue weighted by Gasteiger charge is 2.30. The van der Waals surface area contributed by atoms with E-state index in [0.29, 0.717) is 10.1 Å². The summed E-state index contributed by atoms with van der Waals surface area (Å²) in [5.41, 5.74) is 4.24. The third kappa shape index (κ3) is 3.35. The molecule has 116 valence electrons. The number of amidine groups is 1. The maximum absolute atomic E-state index is 12.4. The number of benzene rings is 1. The SMILES string of the molecule is Cc1ccc(N=C2SC(=Cc3ccncc3)C(=O)N2C)cc1C. The first kappa shape index (κ1) is 15.5. The molecule has 4 nitrogen and oxygen atoms in total. The van der Waals surface area contributed by atoms with Crippen molar-refractivity contribution >= 4 is 34.6 Å². The Morgan fingerprint density at radius 3 is 2.57 bits per heavy atom. The molecule has 3 rings (SSSR count). The van der Waals surface area contributed by atoms with Crippen molar-refractivity contribution in [3.63, 3.8) is 0 Å². The smallest absolute Gasteiger partial charge is 0.266 e. The summed E-state index contributed by atoms with van der Waals surface area (Å²) in [6.07, 6.45) is 5.29. The van der Waals surface area contributed by atoms with E-state index in [0.717, 1.165) is 11.3 Å². The molecule has 0 N–H and O–H groups in total. The molecule has 0 radical (unpaired) electrons. The molecule has 1 aliphatic heterocycles. The number of pyridine rings is 1. The quantitative estimate of drug-likeness (QED) is 0.787. The van der Waals surface area contributed by atoms with Gasteiger partial charge in [-0.1, -0.05) is 6.07 Å². The second-order valence-electron chi connectivity index (χ2n) is 5.42. The van der Waals surface area contributed by atoms with Gasteiger partial charge in [-0.3, -0.25) is 14.7 Å². The van der Waals surface area contributed by atoms with Gasteiger partial charge in [-0.15, -0.1) is 0 Å². The van der Waals surface area contributed by atoms with Crippen LogP contribution < -0.4 is 0 Å². The summed E-state index contributed by atoms with van der Waals surface area (Å²) in [6, 6.07) is 9.80. The van der Waals surface area contributed by atoms with Gasteiger partial charge in [-0.2, -0.15) is 0 Å². The first-order valence-corrected chi connectivity index (χ1v) is 8.10. The first-order valence-electron chi connectivity index (χ1n) is 7.28. The number of aromatic nitrogens is 1. The molecule has 1 aromatic carbocycles. The minimum atomic E-state index is -0.0330. The summed E-state index contributed by atoms with van der Waals surface area (Å²) in [6.45, 7) is 4.13. The van der Waals surface area contributed by atoms with Crippen molar-refractivity contribution in [1.29, 1.82) is 0 Å². The van der Waals surface area contributed by atoms with Crippen LogP contribution in [0.1, 0.15) is 16.7 Å². The number of likely N-dealkylation sites (N-methyl/N-ethyl adjacent to an activating group) is 1. The molecule has 2 heterocycles. The van der Waals surface area contributed by atoms with Crippen molar-refractivity contribution in [3.8, 4) is 0 Å². The van der Waals surface area contributed by atoms with Gasteiger partial charge in [-0.05, 0) is 72.6 Å². The molecule has 1 aliphatic rings. The van der Waals surface area contributed by atoms with Gasteiger partial charge in [-0.25, -0.2) is 4.99 Å². The van der Waals surface area contributed by atoms with Crippen molar-refractivity contribution in [2.75, 3.05) is 7.05 Å². The second kappa shape index (κ2) is 6.38. The Balaban J connectivity index is 1.90. The average molecular weight is 323 g/mol. The third-order valence-electron chi connectivity index (χ3n) is 3.72. The van der Waals surface area contributed by atoms with Gasteiger partial charge in [0.2, 0.25) is 0 Å². The number of rotatable bonds is 2. The Labute approximate surface area is 140 Å². The number of hydrogen-bond donors (Lipinski definition) is 0. The monoisotopic (exact) mass is 323 g/mol.